The van der Waals surface area contributed by atoms with Gasteiger partial charge in [0.2, 0.25) is 10.0 Å². The third-order valence-corrected chi connectivity index (χ3v) is 6.38. The van der Waals surface area contributed by atoms with E-state index in [0.717, 1.165) is 6.26 Å². The van der Waals surface area contributed by atoms with Gasteiger partial charge in [-0.2, -0.15) is 0 Å². The van der Waals surface area contributed by atoms with Gasteiger partial charge in [0.25, 0.3) is 0 Å². The van der Waals surface area contributed by atoms with Crippen LogP contribution in [0.2, 0.25) is 0 Å². The number of hydrogen-bond donors (Lipinski definition) is 2. The van der Waals surface area contributed by atoms with Gasteiger partial charge < -0.3 is 5.73 Å². The van der Waals surface area contributed by atoms with Crippen molar-refractivity contribution in [2.45, 2.75) is 49.9 Å². The van der Waals surface area contributed by atoms with E-state index in [0.29, 0.717) is 12.0 Å². The molecular formula is C15H27ClN2O4S2. The van der Waals surface area contributed by atoms with Gasteiger partial charge in [-0.15, -0.1) is 12.4 Å². The van der Waals surface area contributed by atoms with Gasteiger partial charge in [-0.3, -0.25) is 0 Å². The Labute approximate surface area is 151 Å². The van der Waals surface area contributed by atoms with E-state index in [1.165, 1.54) is 19.1 Å². The number of halogens is 1. The average molecular weight is 399 g/mol. The van der Waals surface area contributed by atoms with Crippen molar-refractivity contribution < 1.29 is 16.8 Å². The van der Waals surface area contributed by atoms with Crippen LogP contribution >= 0.6 is 12.4 Å². The Hall–Kier alpha value is -0.670. The molecule has 0 spiro atoms. The van der Waals surface area contributed by atoms with Gasteiger partial charge in [0.1, 0.15) is 0 Å². The highest BCUT2D eigenvalue weighted by Gasteiger charge is 2.25. The smallest absolute Gasteiger partial charge is 0.241 e. The molecule has 3 N–H and O–H groups in total. The molecule has 1 unspecified atom stereocenters. The highest BCUT2D eigenvalue weighted by Crippen LogP contribution is 2.25. The lowest BCUT2D eigenvalue weighted by Gasteiger charge is -2.20. The summed E-state index contributed by atoms with van der Waals surface area (Å²) in [5.41, 5.74) is 6.45. The van der Waals surface area contributed by atoms with Crippen molar-refractivity contribution in [3.05, 3.63) is 23.3 Å². The molecule has 0 radical (unpaired) electrons. The summed E-state index contributed by atoms with van der Waals surface area (Å²) < 4.78 is 51.7. The first-order valence-corrected chi connectivity index (χ1v) is 10.8. The third kappa shape index (κ3) is 6.00. The molecule has 0 aromatic heterocycles. The Kier molecular flexibility index (Phi) is 8.38. The molecule has 0 bridgehead atoms. The highest BCUT2D eigenvalue weighted by molar-refractivity contribution is 7.91. The van der Waals surface area contributed by atoms with Crippen molar-refractivity contribution >= 4 is 32.3 Å². The van der Waals surface area contributed by atoms with Crippen molar-refractivity contribution in [1.29, 1.82) is 0 Å². The normalized spacial score (nSPS) is 13.6. The Morgan fingerprint density at radius 3 is 2.00 bits per heavy atom. The fourth-order valence-electron chi connectivity index (χ4n) is 2.50. The zero-order valence-electron chi connectivity index (χ0n) is 14.7. The first-order valence-electron chi connectivity index (χ1n) is 7.42. The maximum Gasteiger partial charge on any atom is 0.241 e. The molecule has 6 nitrogen and oxygen atoms in total. The molecule has 0 aliphatic rings. The number of benzene rings is 1. The van der Waals surface area contributed by atoms with E-state index in [1.807, 2.05) is 13.8 Å². The second kappa shape index (κ2) is 8.62. The molecule has 24 heavy (non-hydrogen) atoms. The van der Waals surface area contributed by atoms with Crippen molar-refractivity contribution in [2.24, 2.45) is 11.7 Å². The number of sulfone groups is 1. The van der Waals surface area contributed by atoms with Crippen molar-refractivity contribution in [3.8, 4) is 0 Å². The fourth-order valence-corrected chi connectivity index (χ4v) is 5.24. The SMILES string of the molecule is Cc1cc(S(C)(=O)=O)c(C)c(S(=O)(=O)NC(CN)CC(C)C)c1.Cl. The Morgan fingerprint density at radius 1 is 1.08 bits per heavy atom. The zero-order valence-corrected chi connectivity index (χ0v) is 17.1. The number of hydrogen-bond acceptors (Lipinski definition) is 5. The second-order valence-corrected chi connectivity index (χ2v) is 10.0. The summed E-state index contributed by atoms with van der Waals surface area (Å²) in [6.45, 7) is 7.32. The minimum Gasteiger partial charge on any atom is -0.329 e. The molecule has 1 rings (SSSR count). The predicted molar refractivity (Wildman–Crippen MR) is 98.9 cm³/mol. The standard InChI is InChI=1S/C15H26N2O4S2.ClH/c1-10(2)6-13(9-16)17-23(20,21)15-8-11(3)7-14(12(15)4)22(5,18)19;/h7-8,10,13,17H,6,9,16H2,1-5H3;1H. The number of rotatable bonds is 7. The number of nitrogens with one attached hydrogen (secondary N) is 1. The van der Waals surface area contributed by atoms with E-state index >= 15 is 0 Å². The first kappa shape index (κ1) is 23.3. The van der Waals surface area contributed by atoms with Crippen molar-refractivity contribution in [3.63, 3.8) is 0 Å². The first-order chi connectivity index (χ1) is 10.4. The number of nitrogens with two attached hydrogens (primary N) is 1. The van der Waals surface area contributed by atoms with Gasteiger partial charge in [-0.25, -0.2) is 21.6 Å². The predicted octanol–water partition coefficient (Wildman–Crippen LogP) is 1.78. The molecule has 9 heteroatoms. The molecule has 1 aromatic carbocycles. The monoisotopic (exact) mass is 398 g/mol. The molecule has 0 heterocycles. The summed E-state index contributed by atoms with van der Waals surface area (Å²) in [4.78, 5) is 0.0196. The summed E-state index contributed by atoms with van der Waals surface area (Å²) >= 11 is 0. The molecule has 0 saturated carbocycles. The molecule has 0 aliphatic carbocycles. The molecule has 0 aliphatic heterocycles. The van der Waals surface area contributed by atoms with E-state index < -0.39 is 19.9 Å². The number of aryl methyl sites for hydroxylation is 1. The maximum absolute atomic E-state index is 12.7. The molecule has 0 fully saturated rings. The minimum absolute atomic E-state index is 0. The number of sulfonamides is 1. The van der Waals surface area contributed by atoms with Crippen LogP contribution in [0.4, 0.5) is 0 Å². The van der Waals surface area contributed by atoms with Gasteiger partial charge in [-0.05, 0) is 49.4 Å². The summed E-state index contributed by atoms with van der Waals surface area (Å²) in [7, 11) is -7.36. The van der Waals surface area contributed by atoms with Crippen LogP contribution in [0.1, 0.15) is 31.4 Å². The lowest BCUT2D eigenvalue weighted by molar-refractivity contribution is 0.465. The maximum atomic E-state index is 12.7. The van der Waals surface area contributed by atoms with Crippen LogP contribution in [0.15, 0.2) is 21.9 Å². The Bertz CT molecular complexity index is 775. The molecule has 0 amide bonds. The van der Waals surface area contributed by atoms with Crippen molar-refractivity contribution in [1.82, 2.24) is 4.72 Å². The van der Waals surface area contributed by atoms with Gasteiger partial charge in [0.05, 0.1) is 9.79 Å². The molecule has 1 atom stereocenters. The van der Waals surface area contributed by atoms with Gasteiger partial charge >= 0.3 is 0 Å². The van der Waals surface area contributed by atoms with Crippen LogP contribution in [0.25, 0.3) is 0 Å². The third-order valence-electron chi connectivity index (χ3n) is 3.51. The highest BCUT2D eigenvalue weighted by atomic mass is 35.5. The molecular weight excluding hydrogens is 372 g/mol. The molecule has 140 valence electrons. The molecule has 0 saturated heterocycles. The quantitative estimate of drug-likeness (QED) is 0.728. The Morgan fingerprint density at radius 2 is 1.58 bits per heavy atom. The van der Waals surface area contributed by atoms with E-state index in [2.05, 4.69) is 4.72 Å². The van der Waals surface area contributed by atoms with Gasteiger partial charge in [0.15, 0.2) is 9.84 Å². The lowest BCUT2D eigenvalue weighted by atomic mass is 10.1. The van der Waals surface area contributed by atoms with Crippen LogP contribution in [-0.4, -0.2) is 35.7 Å². The van der Waals surface area contributed by atoms with Crippen LogP contribution in [-0.2, 0) is 19.9 Å². The van der Waals surface area contributed by atoms with E-state index in [-0.39, 0.29) is 46.3 Å². The molecule has 1 aromatic rings. The van der Waals surface area contributed by atoms with Crippen LogP contribution in [0.3, 0.4) is 0 Å². The van der Waals surface area contributed by atoms with E-state index in [4.69, 9.17) is 5.73 Å². The van der Waals surface area contributed by atoms with Crippen LogP contribution < -0.4 is 10.5 Å². The minimum atomic E-state index is -3.85. The van der Waals surface area contributed by atoms with Gasteiger partial charge in [-0.1, -0.05) is 13.8 Å². The van der Waals surface area contributed by atoms with Crippen molar-refractivity contribution in [2.75, 3.05) is 12.8 Å². The lowest BCUT2D eigenvalue weighted by Crippen LogP contribution is -2.41. The van der Waals surface area contributed by atoms with Gasteiger partial charge in [0, 0.05) is 18.8 Å². The summed E-state index contributed by atoms with van der Waals surface area (Å²) in [6, 6.07) is 2.58. The summed E-state index contributed by atoms with van der Waals surface area (Å²) in [5, 5.41) is 0. The van der Waals surface area contributed by atoms with Crippen LogP contribution in [0, 0.1) is 19.8 Å². The van der Waals surface area contributed by atoms with Crippen LogP contribution in [0.5, 0.6) is 0 Å². The fraction of sp³-hybridized carbons (Fsp3) is 0.600. The zero-order chi connectivity index (χ0) is 18.0. The van der Waals surface area contributed by atoms with E-state index in [1.54, 1.807) is 6.92 Å². The summed E-state index contributed by atoms with van der Waals surface area (Å²) in [6.07, 6.45) is 1.68. The largest absolute Gasteiger partial charge is 0.329 e. The summed E-state index contributed by atoms with van der Waals surface area (Å²) in [5.74, 6) is 0.288. The topological polar surface area (TPSA) is 106 Å². The Balaban J connectivity index is 0.00000529. The average Bonchev–Trinajstić information content (AvgIpc) is 2.37. The second-order valence-electron chi connectivity index (χ2n) is 6.34. The van der Waals surface area contributed by atoms with E-state index in [9.17, 15) is 16.8 Å².